The van der Waals surface area contributed by atoms with Crippen LogP contribution >= 0.6 is 23.1 Å². The number of benzene rings is 1. The van der Waals surface area contributed by atoms with Crippen LogP contribution in [0, 0.1) is 6.92 Å². The molecule has 0 saturated heterocycles. The third-order valence-electron chi connectivity index (χ3n) is 3.03. The predicted octanol–water partition coefficient (Wildman–Crippen LogP) is 2.64. The van der Waals surface area contributed by atoms with Crippen molar-refractivity contribution in [2.45, 2.75) is 17.8 Å². The molecule has 7 heteroatoms. The second kappa shape index (κ2) is 7.42. The number of nitrogens with one attached hydrogen (secondary N) is 1. The number of thioether (sulfide) groups is 1. The SMILES string of the molecule is CNc1nnc(SCC(=O)N(C)Cc2ccccc2C)s1. The van der Waals surface area contributed by atoms with Crippen LogP contribution in [0.4, 0.5) is 5.13 Å². The molecule has 0 aliphatic heterocycles. The molecule has 0 unspecified atom stereocenters. The van der Waals surface area contributed by atoms with Gasteiger partial charge in [0.15, 0.2) is 4.34 Å². The van der Waals surface area contributed by atoms with E-state index in [1.54, 1.807) is 11.9 Å². The Labute approximate surface area is 132 Å². The van der Waals surface area contributed by atoms with E-state index in [-0.39, 0.29) is 5.91 Å². The van der Waals surface area contributed by atoms with E-state index in [0.717, 1.165) is 9.47 Å². The number of nitrogens with zero attached hydrogens (tertiary/aromatic N) is 3. The molecule has 1 amide bonds. The third-order valence-corrected chi connectivity index (χ3v) is 5.09. The van der Waals surface area contributed by atoms with Gasteiger partial charge in [-0.2, -0.15) is 0 Å². The lowest BCUT2D eigenvalue weighted by molar-refractivity contribution is -0.127. The third kappa shape index (κ3) is 4.44. The Morgan fingerprint density at radius 2 is 2.14 bits per heavy atom. The van der Waals surface area contributed by atoms with Gasteiger partial charge in [-0.3, -0.25) is 4.79 Å². The lowest BCUT2D eigenvalue weighted by atomic mass is 10.1. The highest BCUT2D eigenvalue weighted by Crippen LogP contribution is 2.25. The van der Waals surface area contributed by atoms with E-state index in [0.29, 0.717) is 12.3 Å². The Bertz CT molecular complexity index is 615. The van der Waals surface area contributed by atoms with Crippen LogP contribution in [-0.2, 0) is 11.3 Å². The van der Waals surface area contributed by atoms with Gasteiger partial charge in [0.1, 0.15) is 0 Å². The molecule has 5 nitrogen and oxygen atoms in total. The summed E-state index contributed by atoms with van der Waals surface area (Å²) in [4.78, 5) is 13.9. The zero-order valence-electron chi connectivity index (χ0n) is 12.3. The van der Waals surface area contributed by atoms with Crippen molar-refractivity contribution in [3.05, 3.63) is 35.4 Å². The number of aryl methyl sites for hydroxylation is 1. The fraction of sp³-hybridized carbons (Fsp3) is 0.357. The van der Waals surface area contributed by atoms with Gasteiger partial charge >= 0.3 is 0 Å². The maximum Gasteiger partial charge on any atom is 0.233 e. The monoisotopic (exact) mass is 322 g/mol. The van der Waals surface area contributed by atoms with Crippen molar-refractivity contribution < 1.29 is 4.79 Å². The number of aromatic nitrogens is 2. The standard InChI is InChI=1S/C14H18N4OS2/c1-10-6-4-5-7-11(10)8-18(3)12(19)9-20-14-17-16-13(15-2)21-14/h4-7H,8-9H2,1-3H3,(H,15,16). The number of rotatable bonds is 6. The topological polar surface area (TPSA) is 58.1 Å². The van der Waals surface area contributed by atoms with Crippen LogP contribution in [0.15, 0.2) is 28.6 Å². The van der Waals surface area contributed by atoms with Crippen molar-refractivity contribution in [3.8, 4) is 0 Å². The van der Waals surface area contributed by atoms with Crippen molar-refractivity contribution in [2.75, 3.05) is 25.2 Å². The lowest BCUT2D eigenvalue weighted by Gasteiger charge is -2.18. The van der Waals surface area contributed by atoms with Crippen molar-refractivity contribution >= 4 is 34.1 Å². The largest absolute Gasteiger partial charge is 0.363 e. The molecule has 112 valence electrons. The summed E-state index contributed by atoms with van der Waals surface area (Å²) in [5.74, 6) is 0.463. The van der Waals surface area contributed by atoms with Gasteiger partial charge in [-0.1, -0.05) is 47.4 Å². The molecule has 0 saturated carbocycles. The first-order valence-corrected chi connectivity index (χ1v) is 8.33. The fourth-order valence-corrected chi connectivity index (χ4v) is 3.38. The van der Waals surface area contributed by atoms with Crippen molar-refractivity contribution in [3.63, 3.8) is 0 Å². The Hall–Kier alpha value is -1.60. The quantitative estimate of drug-likeness (QED) is 0.829. The number of hydrogen-bond acceptors (Lipinski definition) is 6. The summed E-state index contributed by atoms with van der Waals surface area (Å²) in [6.07, 6.45) is 0. The lowest BCUT2D eigenvalue weighted by Crippen LogP contribution is -2.28. The van der Waals surface area contributed by atoms with Crippen LogP contribution in [0.5, 0.6) is 0 Å². The molecule has 0 fully saturated rings. The van der Waals surface area contributed by atoms with Crippen molar-refractivity contribution in [1.82, 2.24) is 15.1 Å². The highest BCUT2D eigenvalue weighted by molar-refractivity contribution is 8.01. The number of anilines is 1. The summed E-state index contributed by atoms with van der Waals surface area (Å²) in [7, 11) is 3.63. The van der Waals surface area contributed by atoms with E-state index >= 15 is 0 Å². The average molecular weight is 322 g/mol. The number of amides is 1. The fourth-order valence-electron chi connectivity index (χ4n) is 1.73. The Morgan fingerprint density at radius 1 is 1.38 bits per heavy atom. The molecule has 2 rings (SSSR count). The summed E-state index contributed by atoms with van der Waals surface area (Å²) < 4.78 is 0.803. The first kappa shape index (κ1) is 15.8. The molecule has 1 N–H and O–H groups in total. The van der Waals surface area contributed by atoms with Gasteiger partial charge < -0.3 is 10.2 Å². The number of carbonyl (C=O) groups excluding carboxylic acids is 1. The maximum absolute atomic E-state index is 12.2. The highest BCUT2D eigenvalue weighted by atomic mass is 32.2. The summed E-state index contributed by atoms with van der Waals surface area (Å²) in [6.45, 7) is 2.69. The molecule has 0 radical (unpaired) electrons. The van der Waals surface area contributed by atoms with Crippen LogP contribution in [-0.4, -0.2) is 40.9 Å². The van der Waals surface area contributed by atoms with E-state index in [1.807, 2.05) is 19.2 Å². The van der Waals surface area contributed by atoms with E-state index in [4.69, 9.17) is 0 Å². The highest BCUT2D eigenvalue weighted by Gasteiger charge is 2.12. The summed E-state index contributed by atoms with van der Waals surface area (Å²) >= 11 is 2.87. The molecule has 0 spiro atoms. The van der Waals surface area contributed by atoms with Gasteiger partial charge in [0.2, 0.25) is 11.0 Å². The maximum atomic E-state index is 12.2. The van der Waals surface area contributed by atoms with Gasteiger partial charge in [0, 0.05) is 20.6 Å². The molecule has 21 heavy (non-hydrogen) atoms. The first-order valence-electron chi connectivity index (χ1n) is 6.52. The van der Waals surface area contributed by atoms with E-state index in [9.17, 15) is 4.79 Å². The smallest absolute Gasteiger partial charge is 0.233 e. The van der Waals surface area contributed by atoms with Crippen LogP contribution in [0.25, 0.3) is 0 Å². The number of hydrogen-bond donors (Lipinski definition) is 1. The number of carbonyl (C=O) groups is 1. The van der Waals surface area contributed by atoms with Gasteiger partial charge in [-0.05, 0) is 18.1 Å². The molecule has 1 heterocycles. The molecule has 1 aromatic carbocycles. The Morgan fingerprint density at radius 3 is 2.81 bits per heavy atom. The van der Waals surface area contributed by atoms with Crippen molar-refractivity contribution in [2.24, 2.45) is 0 Å². The van der Waals surface area contributed by atoms with Crippen molar-refractivity contribution in [1.29, 1.82) is 0 Å². The second-order valence-corrected chi connectivity index (χ2v) is 6.79. The molecular formula is C14H18N4OS2. The molecule has 0 aliphatic rings. The van der Waals surface area contributed by atoms with Crippen LogP contribution in [0.3, 0.4) is 0 Å². The Balaban J connectivity index is 1.86. The molecule has 0 atom stereocenters. The molecule has 1 aromatic heterocycles. The molecule has 2 aromatic rings. The van der Waals surface area contributed by atoms with Crippen LogP contribution in [0.2, 0.25) is 0 Å². The minimum atomic E-state index is 0.0875. The van der Waals surface area contributed by atoms with E-state index in [1.165, 1.54) is 34.2 Å². The molecule has 0 bridgehead atoms. The summed E-state index contributed by atoms with van der Waals surface area (Å²) in [6, 6.07) is 8.11. The van der Waals surface area contributed by atoms with Gasteiger partial charge in [-0.15, -0.1) is 10.2 Å². The Kier molecular flexibility index (Phi) is 5.58. The van der Waals surface area contributed by atoms with Gasteiger partial charge in [-0.25, -0.2) is 0 Å². The average Bonchev–Trinajstić information content (AvgIpc) is 2.95. The van der Waals surface area contributed by atoms with Crippen LogP contribution in [0.1, 0.15) is 11.1 Å². The molecular weight excluding hydrogens is 304 g/mol. The molecule has 0 aliphatic carbocycles. The second-order valence-electron chi connectivity index (χ2n) is 4.59. The van der Waals surface area contributed by atoms with Gasteiger partial charge in [0.05, 0.1) is 5.75 Å². The first-order chi connectivity index (χ1) is 10.1. The minimum absolute atomic E-state index is 0.0875. The van der Waals surface area contributed by atoms with Crippen LogP contribution < -0.4 is 5.32 Å². The van der Waals surface area contributed by atoms with Gasteiger partial charge in [0.25, 0.3) is 0 Å². The summed E-state index contributed by atoms with van der Waals surface area (Å²) in [5.41, 5.74) is 2.37. The predicted molar refractivity (Wildman–Crippen MR) is 87.8 cm³/mol. The normalized spacial score (nSPS) is 10.4. The van der Waals surface area contributed by atoms with E-state index in [2.05, 4.69) is 34.6 Å². The van der Waals surface area contributed by atoms with E-state index < -0.39 is 0 Å². The zero-order valence-corrected chi connectivity index (χ0v) is 13.9. The zero-order chi connectivity index (χ0) is 15.2. The minimum Gasteiger partial charge on any atom is -0.363 e. The summed E-state index contributed by atoms with van der Waals surface area (Å²) in [5, 5.41) is 11.7.